The zero-order chi connectivity index (χ0) is 13.8. The van der Waals surface area contributed by atoms with Crippen molar-refractivity contribution in [3.63, 3.8) is 0 Å². The van der Waals surface area contributed by atoms with Crippen LogP contribution in [0.2, 0.25) is 0 Å². The quantitative estimate of drug-likeness (QED) is 0.589. The van der Waals surface area contributed by atoms with Gasteiger partial charge in [-0.05, 0) is 19.9 Å². The van der Waals surface area contributed by atoms with Gasteiger partial charge in [-0.1, -0.05) is 0 Å². The highest BCUT2D eigenvalue weighted by atomic mass is 28.4. The highest BCUT2D eigenvalue weighted by Gasteiger charge is 2.45. The van der Waals surface area contributed by atoms with Crippen molar-refractivity contribution in [2.24, 2.45) is 0 Å². The summed E-state index contributed by atoms with van der Waals surface area (Å²) in [6.07, 6.45) is 0. The van der Waals surface area contributed by atoms with E-state index >= 15 is 0 Å². The molecule has 7 heteroatoms. The van der Waals surface area contributed by atoms with E-state index in [9.17, 15) is 13.2 Å². The number of benzene rings is 1. The molecule has 0 amide bonds. The molecule has 3 nitrogen and oxygen atoms in total. The number of halogens is 3. The smallest absolute Gasteiger partial charge is 0.373 e. The average Bonchev–Trinajstić information content (AvgIpc) is 2.33. The Labute approximate surface area is 105 Å². The lowest BCUT2D eigenvalue weighted by Crippen LogP contribution is -2.57. The minimum absolute atomic E-state index is 0.201. The minimum atomic E-state index is -3.53. The Balaban J connectivity index is 3.31. The van der Waals surface area contributed by atoms with Crippen molar-refractivity contribution < 1.29 is 26.4 Å². The maximum Gasteiger partial charge on any atom is 0.540 e. The number of rotatable bonds is 6. The zero-order valence-electron chi connectivity index (χ0n) is 10.4. The molecule has 1 rings (SSSR count). The van der Waals surface area contributed by atoms with Gasteiger partial charge in [0.25, 0.3) is 0 Å². The third-order valence-corrected chi connectivity index (χ3v) is 5.20. The molecule has 0 N–H and O–H groups in total. The highest BCUT2D eigenvalue weighted by Crippen LogP contribution is 2.15. The van der Waals surface area contributed by atoms with Gasteiger partial charge in [-0.2, -0.15) is 0 Å². The van der Waals surface area contributed by atoms with Crippen LogP contribution in [0.15, 0.2) is 12.1 Å². The van der Waals surface area contributed by atoms with Crippen molar-refractivity contribution in [3.8, 4) is 0 Å². The predicted octanol–water partition coefficient (Wildman–Crippen LogP) is 1.97. The van der Waals surface area contributed by atoms with Crippen LogP contribution in [0.1, 0.15) is 13.8 Å². The molecule has 0 aliphatic heterocycles. The van der Waals surface area contributed by atoms with Gasteiger partial charge in [0, 0.05) is 26.4 Å². The van der Waals surface area contributed by atoms with Gasteiger partial charge in [0.05, 0.1) is 5.19 Å². The first-order valence-electron chi connectivity index (χ1n) is 5.48. The summed E-state index contributed by atoms with van der Waals surface area (Å²) in [5.41, 5.74) is 0. The number of hydrogen-bond acceptors (Lipinski definition) is 3. The van der Waals surface area contributed by atoms with E-state index in [1.54, 1.807) is 13.8 Å². The second-order valence-corrected chi connectivity index (χ2v) is 6.01. The third kappa shape index (κ3) is 2.92. The van der Waals surface area contributed by atoms with Gasteiger partial charge in [-0.15, -0.1) is 0 Å². The second kappa shape index (κ2) is 6.33. The average molecular weight is 280 g/mol. The normalized spacial score (nSPS) is 11.9. The molecule has 0 saturated heterocycles. The largest absolute Gasteiger partial charge is 0.540 e. The molecular formula is C11H15F3O3Si. The van der Waals surface area contributed by atoms with Crippen molar-refractivity contribution >= 4 is 14.0 Å². The van der Waals surface area contributed by atoms with E-state index in [1.165, 1.54) is 7.11 Å². The summed E-state index contributed by atoms with van der Waals surface area (Å²) in [6, 6.07) is 1.19. The van der Waals surface area contributed by atoms with Crippen molar-refractivity contribution in [2.45, 2.75) is 13.8 Å². The molecule has 0 unspecified atom stereocenters. The summed E-state index contributed by atoms with van der Waals surface area (Å²) >= 11 is 0. The summed E-state index contributed by atoms with van der Waals surface area (Å²) in [7, 11) is -2.24. The van der Waals surface area contributed by atoms with E-state index in [0.717, 1.165) is 6.07 Å². The Morgan fingerprint density at radius 3 is 1.89 bits per heavy atom. The fourth-order valence-corrected chi connectivity index (χ4v) is 3.84. The first-order chi connectivity index (χ1) is 8.50. The maximum atomic E-state index is 13.7. The molecule has 0 spiro atoms. The number of hydrogen-bond donors (Lipinski definition) is 0. The van der Waals surface area contributed by atoms with Gasteiger partial charge in [0.15, 0.2) is 11.6 Å². The van der Waals surface area contributed by atoms with Crippen LogP contribution in [0, 0.1) is 17.5 Å². The van der Waals surface area contributed by atoms with Gasteiger partial charge in [-0.3, -0.25) is 0 Å². The molecule has 1 aromatic rings. The molecule has 0 radical (unpaired) electrons. The SMILES string of the molecule is CCO[Si](OC)(OCC)c1cc(F)c(F)cc1F. The van der Waals surface area contributed by atoms with Crippen LogP contribution in [0.3, 0.4) is 0 Å². The second-order valence-electron chi connectivity index (χ2n) is 3.37. The topological polar surface area (TPSA) is 27.7 Å². The van der Waals surface area contributed by atoms with E-state index in [4.69, 9.17) is 13.3 Å². The molecule has 102 valence electrons. The van der Waals surface area contributed by atoms with Crippen molar-refractivity contribution in [1.82, 2.24) is 0 Å². The van der Waals surface area contributed by atoms with Gasteiger partial charge in [0.1, 0.15) is 5.82 Å². The lowest BCUT2D eigenvalue weighted by Gasteiger charge is -2.27. The maximum absolute atomic E-state index is 13.7. The first kappa shape index (κ1) is 15.2. The molecule has 0 aliphatic rings. The van der Waals surface area contributed by atoms with Crippen LogP contribution >= 0.6 is 0 Å². The summed E-state index contributed by atoms with van der Waals surface area (Å²) in [5, 5.41) is -0.201. The molecule has 0 fully saturated rings. The zero-order valence-corrected chi connectivity index (χ0v) is 11.4. The molecule has 0 aromatic heterocycles. The highest BCUT2D eigenvalue weighted by molar-refractivity contribution is 6.75. The summed E-state index contributed by atoms with van der Waals surface area (Å²) in [6.45, 7) is 3.77. The summed E-state index contributed by atoms with van der Waals surface area (Å²) in [4.78, 5) is 0. The lowest BCUT2D eigenvalue weighted by molar-refractivity contribution is 0.101. The van der Waals surface area contributed by atoms with Crippen LogP contribution < -0.4 is 5.19 Å². The predicted molar refractivity (Wildman–Crippen MR) is 62.0 cm³/mol. The molecule has 1 aromatic carbocycles. The van der Waals surface area contributed by atoms with Crippen LogP contribution in [-0.2, 0) is 13.3 Å². The fourth-order valence-electron chi connectivity index (χ4n) is 1.56. The van der Waals surface area contributed by atoms with Gasteiger partial charge in [0.2, 0.25) is 0 Å². The molecule has 0 aliphatic carbocycles. The van der Waals surface area contributed by atoms with E-state index < -0.39 is 26.3 Å². The van der Waals surface area contributed by atoms with Gasteiger partial charge >= 0.3 is 8.80 Å². The van der Waals surface area contributed by atoms with E-state index in [-0.39, 0.29) is 18.4 Å². The van der Waals surface area contributed by atoms with Crippen molar-refractivity contribution in [3.05, 3.63) is 29.6 Å². The van der Waals surface area contributed by atoms with Crippen LogP contribution in [0.5, 0.6) is 0 Å². The van der Waals surface area contributed by atoms with Crippen LogP contribution in [0.25, 0.3) is 0 Å². The molecule has 0 heterocycles. The van der Waals surface area contributed by atoms with Gasteiger partial charge in [-0.25, -0.2) is 13.2 Å². The Hall–Kier alpha value is -0.893. The molecule has 0 saturated carbocycles. The monoisotopic (exact) mass is 280 g/mol. The molecule has 0 atom stereocenters. The van der Waals surface area contributed by atoms with E-state index in [2.05, 4.69) is 0 Å². The fraction of sp³-hybridized carbons (Fsp3) is 0.455. The summed E-state index contributed by atoms with van der Waals surface area (Å²) in [5.74, 6) is -3.37. The van der Waals surface area contributed by atoms with Crippen LogP contribution in [0.4, 0.5) is 13.2 Å². The Morgan fingerprint density at radius 2 is 1.44 bits per heavy atom. The Bertz CT molecular complexity index is 409. The third-order valence-electron chi connectivity index (χ3n) is 2.28. The van der Waals surface area contributed by atoms with Crippen LogP contribution in [-0.4, -0.2) is 29.1 Å². The Morgan fingerprint density at radius 1 is 0.944 bits per heavy atom. The van der Waals surface area contributed by atoms with Crippen molar-refractivity contribution in [2.75, 3.05) is 20.3 Å². The minimum Gasteiger partial charge on any atom is -0.373 e. The van der Waals surface area contributed by atoms with Gasteiger partial charge < -0.3 is 13.3 Å². The molecule has 0 bridgehead atoms. The van der Waals surface area contributed by atoms with E-state index in [1.807, 2.05) is 0 Å². The molecule has 18 heavy (non-hydrogen) atoms. The van der Waals surface area contributed by atoms with Crippen molar-refractivity contribution in [1.29, 1.82) is 0 Å². The Kier molecular flexibility index (Phi) is 5.33. The summed E-state index contributed by atoms with van der Waals surface area (Å²) < 4.78 is 55.7. The molecular weight excluding hydrogens is 265 g/mol. The van der Waals surface area contributed by atoms with E-state index in [0.29, 0.717) is 6.07 Å². The lowest BCUT2D eigenvalue weighted by atomic mass is 10.3. The first-order valence-corrected chi connectivity index (χ1v) is 7.21. The standard InChI is InChI=1S/C11H15F3O3Si/c1-4-16-18(15-3,17-5-2)11-7-9(13)8(12)6-10(11)14/h6-7H,4-5H2,1-3H3.